The number of halogens is 3. The van der Waals surface area contributed by atoms with Crippen LogP contribution in [0.3, 0.4) is 0 Å². The summed E-state index contributed by atoms with van der Waals surface area (Å²) in [5.41, 5.74) is 14.6. The number of ketones is 1. The van der Waals surface area contributed by atoms with Crippen molar-refractivity contribution in [3.8, 4) is 16.9 Å². The monoisotopic (exact) mass is 500 g/mol. The third kappa shape index (κ3) is 4.14. The number of pyridine rings is 1. The average Bonchev–Trinajstić information content (AvgIpc) is 3.21. The van der Waals surface area contributed by atoms with Crippen LogP contribution in [0.25, 0.3) is 11.1 Å². The highest BCUT2D eigenvalue weighted by Crippen LogP contribution is 2.40. The van der Waals surface area contributed by atoms with Crippen LogP contribution in [-0.4, -0.2) is 34.4 Å². The fourth-order valence-corrected chi connectivity index (χ4v) is 5.31. The SMILES string of the molecule is CC(Oc1cc(-c2ccc(C(=O)C3CC4C(N)N4C3)cc2)cnc1N)c1c(Cl)ccc(F)c1Cl. The zero-order chi connectivity index (χ0) is 24.1. The minimum Gasteiger partial charge on any atom is -0.482 e. The molecule has 1 aromatic heterocycles. The minimum absolute atomic E-state index is 0.00296. The molecular formula is C25H23Cl2FN4O2. The number of piperidine rings is 1. The van der Waals surface area contributed by atoms with E-state index in [4.69, 9.17) is 39.4 Å². The maximum absolute atomic E-state index is 13.9. The van der Waals surface area contributed by atoms with Gasteiger partial charge in [-0.2, -0.15) is 0 Å². The van der Waals surface area contributed by atoms with Crippen molar-refractivity contribution >= 4 is 34.8 Å². The predicted molar refractivity (Wildman–Crippen MR) is 130 cm³/mol. The molecule has 0 spiro atoms. The lowest BCUT2D eigenvalue weighted by Crippen LogP contribution is -2.24. The number of nitrogen functional groups attached to an aromatic ring is 1. The molecule has 2 saturated heterocycles. The highest BCUT2D eigenvalue weighted by atomic mass is 35.5. The number of carbonyl (C=O) groups excluding carboxylic acids is 1. The third-order valence-corrected chi connectivity index (χ3v) is 7.33. The summed E-state index contributed by atoms with van der Waals surface area (Å²) in [6, 6.07) is 12.1. The maximum atomic E-state index is 13.9. The lowest BCUT2D eigenvalue weighted by Gasteiger charge is -2.19. The van der Waals surface area contributed by atoms with Gasteiger partial charge in [0.25, 0.3) is 0 Å². The summed E-state index contributed by atoms with van der Waals surface area (Å²) in [7, 11) is 0. The molecule has 2 fully saturated rings. The number of hydrogen-bond donors (Lipinski definition) is 2. The Morgan fingerprint density at radius 3 is 2.62 bits per heavy atom. The second kappa shape index (κ2) is 8.82. The Kier molecular flexibility index (Phi) is 5.98. The number of rotatable bonds is 6. The number of nitrogens with two attached hydrogens (primary N) is 2. The Hall–Kier alpha value is -2.71. The molecule has 34 heavy (non-hydrogen) atoms. The molecule has 6 nitrogen and oxygen atoms in total. The van der Waals surface area contributed by atoms with Gasteiger partial charge >= 0.3 is 0 Å². The van der Waals surface area contributed by atoms with Crippen molar-refractivity contribution < 1.29 is 13.9 Å². The first kappa shape index (κ1) is 23.1. The Balaban J connectivity index is 1.34. The van der Waals surface area contributed by atoms with Gasteiger partial charge in [-0.15, -0.1) is 0 Å². The average molecular weight is 501 g/mol. The maximum Gasteiger partial charge on any atom is 0.167 e. The fourth-order valence-electron chi connectivity index (χ4n) is 4.63. The molecule has 0 saturated carbocycles. The summed E-state index contributed by atoms with van der Waals surface area (Å²) in [5.74, 6) is 0.0525. The molecule has 3 heterocycles. The molecule has 3 aromatic rings. The Bertz CT molecular complexity index is 1260. The smallest absolute Gasteiger partial charge is 0.167 e. The van der Waals surface area contributed by atoms with Crippen LogP contribution < -0.4 is 16.2 Å². The topological polar surface area (TPSA) is 94.2 Å². The van der Waals surface area contributed by atoms with Crippen molar-refractivity contribution in [2.75, 3.05) is 12.3 Å². The molecular weight excluding hydrogens is 478 g/mol. The highest BCUT2D eigenvalue weighted by molar-refractivity contribution is 6.36. The number of fused-ring (bicyclic) bond motifs is 1. The van der Waals surface area contributed by atoms with Gasteiger partial charge in [0.05, 0.1) is 11.2 Å². The second-order valence-corrected chi connectivity index (χ2v) is 9.54. The summed E-state index contributed by atoms with van der Waals surface area (Å²) < 4.78 is 19.9. The van der Waals surface area contributed by atoms with Crippen molar-refractivity contribution in [2.24, 2.45) is 11.7 Å². The van der Waals surface area contributed by atoms with Crippen LogP contribution in [0.1, 0.15) is 35.4 Å². The van der Waals surface area contributed by atoms with E-state index in [0.717, 1.165) is 24.1 Å². The first-order valence-corrected chi connectivity index (χ1v) is 11.7. The molecule has 2 aliphatic heterocycles. The molecule has 5 unspecified atom stereocenters. The van der Waals surface area contributed by atoms with Gasteiger partial charge < -0.3 is 16.2 Å². The van der Waals surface area contributed by atoms with Gasteiger partial charge in [0, 0.05) is 46.4 Å². The number of benzene rings is 2. The Morgan fingerprint density at radius 1 is 1.21 bits per heavy atom. The number of nitrogens with zero attached hydrogens (tertiary/aromatic N) is 2. The first-order chi connectivity index (χ1) is 16.2. The third-order valence-electron chi connectivity index (χ3n) is 6.62. The normalized spacial score (nSPS) is 23.9. The van der Waals surface area contributed by atoms with Crippen molar-refractivity contribution in [3.63, 3.8) is 0 Å². The molecule has 176 valence electrons. The van der Waals surface area contributed by atoms with Gasteiger partial charge in [0.2, 0.25) is 0 Å². The molecule has 5 rings (SSSR count). The number of hydrogen-bond acceptors (Lipinski definition) is 6. The molecule has 5 atom stereocenters. The van der Waals surface area contributed by atoms with Crippen LogP contribution in [0.4, 0.5) is 10.2 Å². The van der Waals surface area contributed by atoms with Gasteiger partial charge in [-0.3, -0.25) is 9.69 Å². The van der Waals surface area contributed by atoms with Crippen LogP contribution >= 0.6 is 23.2 Å². The van der Waals surface area contributed by atoms with E-state index in [2.05, 4.69) is 9.88 Å². The summed E-state index contributed by atoms with van der Waals surface area (Å²) in [4.78, 5) is 19.2. The van der Waals surface area contributed by atoms with Gasteiger partial charge in [0.1, 0.15) is 11.9 Å². The minimum atomic E-state index is -0.670. The van der Waals surface area contributed by atoms with Gasteiger partial charge in [-0.25, -0.2) is 9.37 Å². The fraction of sp³-hybridized carbons (Fsp3) is 0.280. The van der Waals surface area contributed by atoms with E-state index in [0.29, 0.717) is 27.9 Å². The van der Waals surface area contributed by atoms with Gasteiger partial charge in [0.15, 0.2) is 17.4 Å². The van der Waals surface area contributed by atoms with E-state index in [1.165, 1.54) is 12.1 Å². The van der Waals surface area contributed by atoms with Crippen LogP contribution in [0, 0.1) is 11.7 Å². The molecule has 4 N–H and O–H groups in total. The molecule has 9 heteroatoms. The number of Topliss-reactive ketones (excluding diaryl/α,β-unsaturated/α-hetero) is 1. The van der Waals surface area contributed by atoms with Crippen molar-refractivity contribution in [2.45, 2.75) is 31.7 Å². The molecule has 0 bridgehead atoms. The highest BCUT2D eigenvalue weighted by Gasteiger charge is 2.53. The molecule has 2 aliphatic rings. The summed E-state index contributed by atoms with van der Waals surface area (Å²) in [6.07, 6.45) is 1.90. The van der Waals surface area contributed by atoms with E-state index in [1.54, 1.807) is 19.2 Å². The summed E-state index contributed by atoms with van der Waals surface area (Å²) in [5, 5.41) is 0.196. The zero-order valence-corrected chi connectivity index (χ0v) is 19.9. The van der Waals surface area contributed by atoms with Crippen LogP contribution in [0.15, 0.2) is 48.7 Å². The summed E-state index contributed by atoms with van der Waals surface area (Å²) >= 11 is 12.3. The van der Waals surface area contributed by atoms with E-state index in [1.807, 2.05) is 24.3 Å². The zero-order valence-electron chi connectivity index (χ0n) is 18.3. The number of ether oxygens (including phenoxy) is 1. The number of carbonyl (C=O) groups is 1. The standard InChI is InChI=1S/C25H23Cl2FN4O2/c1-12(21-17(26)6-7-18(28)22(21)27)34-20-9-15(10-31-24(20)29)13-2-4-14(5-3-13)23(33)16-8-19-25(30)32(19)11-16/h2-7,9-10,12,16,19,25H,8,11,30H2,1H3,(H2,29,31). The van der Waals surface area contributed by atoms with E-state index < -0.39 is 11.9 Å². The van der Waals surface area contributed by atoms with Gasteiger partial charge in [-0.1, -0.05) is 47.5 Å². The van der Waals surface area contributed by atoms with Crippen molar-refractivity contribution in [1.82, 2.24) is 9.88 Å². The Labute approximate surface area is 206 Å². The Morgan fingerprint density at radius 2 is 1.94 bits per heavy atom. The lowest BCUT2D eigenvalue weighted by atomic mass is 9.93. The molecule has 0 radical (unpaired) electrons. The van der Waals surface area contributed by atoms with E-state index in [-0.39, 0.29) is 28.7 Å². The molecule has 0 aliphatic carbocycles. The van der Waals surface area contributed by atoms with Crippen LogP contribution in [-0.2, 0) is 0 Å². The van der Waals surface area contributed by atoms with Crippen molar-refractivity contribution in [3.05, 3.63) is 75.7 Å². The van der Waals surface area contributed by atoms with E-state index in [9.17, 15) is 9.18 Å². The predicted octanol–water partition coefficient (Wildman–Crippen LogP) is 5.09. The van der Waals surface area contributed by atoms with Crippen LogP contribution in [0.5, 0.6) is 5.75 Å². The van der Waals surface area contributed by atoms with Crippen LogP contribution in [0.2, 0.25) is 10.0 Å². The summed E-state index contributed by atoms with van der Waals surface area (Å²) in [6.45, 7) is 2.43. The number of aromatic nitrogens is 1. The van der Waals surface area contributed by atoms with Gasteiger partial charge in [-0.05, 0) is 37.1 Å². The lowest BCUT2D eigenvalue weighted by molar-refractivity contribution is 0.0918. The first-order valence-electron chi connectivity index (χ1n) is 11.0. The molecule has 2 aromatic carbocycles. The molecule has 0 amide bonds. The number of anilines is 1. The van der Waals surface area contributed by atoms with E-state index >= 15 is 0 Å². The van der Waals surface area contributed by atoms with Crippen molar-refractivity contribution in [1.29, 1.82) is 0 Å². The second-order valence-electron chi connectivity index (χ2n) is 8.75. The quantitative estimate of drug-likeness (QED) is 0.278. The largest absolute Gasteiger partial charge is 0.482 e.